The van der Waals surface area contributed by atoms with Crippen LogP contribution in [0.2, 0.25) is 5.02 Å². The summed E-state index contributed by atoms with van der Waals surface area (Å²) in [7, 11) is 0. The summed E-state index contributed by atoms with van der Waals surface area (Å²) in [4.78, 5) is 23.6. The summed E-state index contributed by atoms with van der Waals surface area (Å²) in [6.45, 7) is 9.95. The smallest absolute Gasteiger partial charge is 0.243 e. The normalized spacial score (nSPS) is 11.3. The number of rotatable bonds is 6. The first-order valence-corrected chi connectivity index (χ1v) is 7.98. The van der Waals surface area contributed by atoms with Crippen LogP contribution >= 0.6 is 11.6 Å². The molecule has 128 valence electrons. The quantitative estimate of drug-likeness (QED) is 0.833. The van der Waals surface area contributed by atoms with E-state index in [2.05, 4.69) is 10.6 Å². The number of hydrogen-bond donors (Lipinski definition) is 2. The molecule has 1 rings (SSSR count). The van der Waals surface area contributed by atoms with E-state index >= 15 is 0 Å². The number of amides is 2. The van der Waals surface area contributed by atoms with Crippen LogP contribution in [0.5, 0.6) is 5.75 Å². The Labute approximate surface area is 142 Å². The molecule has 0 saturated heterocycles. The highest BCUT2D eigenvalue weighted by atomic mass is 35.5. The van der Waals surface area contributed by atoms with Gasteiger partial charge in [-0.25, -0.2) is 0 Å². The Bertz CT molecular complexity index is 565. The zero-order valence-corrected chi connectivity index (χ0v) is 15.1. The van der Waals surface area contributed by atoms with E-state index in [9.17, 15) is 9.59 Å². The second-order valence-corrected chi connectivity index (χ2v) is 7.24. The molecule has 2 N–H and O–H groups in total. The third-order valence-corrected chi connectivity index (χ3v) is 3.17. The topological polar surface area (TPSA) is 67.4 Å². The van der Waals surface area contributed by atoms with Gasteiger partial charge in [0, 0.05) is 11.1 Å². The van der Waals surface area contributed by atoms with Crippen LogP contribution < -0.4 is 15.4 Å². The fraction of sp³-hybridized carbons (Fsp3) is 0.529. The molecule has 2 amide bonds. The van der Waals surface area contributed by atoms with Crippen LogP contribution in [0.1, 0.15) is 34.6 Å². The van der Waals surface area contributed by atoms with Crippen LogP contribution in [-0.4, -0.2) is 25.0 Å². The molecule has 1 aromatic carbocycles. The molecule has 23 heavy (non-hydrogen) atoms. The van der Waals surface area contributed by atoms with Crippen molar-refractivity contribution in [2.24, 2.45) is 11.3 Å². The van der Waals surface area contributed by atoms with Gasteiger partial charge in [0.1, 0.15) is 5.75 Å². The Morgan fingerprint density at radius 2 is 1.91 bits per heavy atom. The highest BCUT2D eigenvalue weighted by molar-refractivity contribution is 6.32. The number of carbonyl (C=O) groups excluding carboxylic acids is 2. The lowest BCUT2D eigenvalue weighted by Crippen LogP contribution is -2.39. The SMILES string of the molecule is CC(C)COc1ccc(NC(=O)CNC(=O)C(C)(C)C)cc1Cl. The van der Waals surface area contributed by atoms with Gasteiger partial charge in [0.25, 0.3) is 0 Å². The van der Waals surface area contributed by atoms with Gasteiger partial charge in [-0.05, 0) is 24.1 Å². The first kappa shape index (κ1) is 19.3. The van der Waals surface area contributed by atoms with E-state index in [1.165, 1.54) is 0 Å². The van der Waals surface area contributed by atoms with Gasteiger partial charge in [-0.15, -0.1) is 0 Å². The fourth-order valence-corrected chi connectivity index (χ4v) is 1.82. The number of anilines is 1. The Morgan fingerprint density at radius 3 is 2.43 bits per heavy atom. The minimum absolute atomic E-state index is 0.0840. The zero-order valence-electron chi connectivity index (χ0n) is 14.3. The molecule has 0 saturated carbocycles. The molecular weight excluding hydrogens is 316 g/mol. The highest BCUT2D eigenvalue weighted by Gasteiger charge is 2.21. The molecule has 0 aliphatic heterocycles. The first-order chi connectivity index (χ1) is 10.6. The molecular formula is C17H25ClN2O3. The number of benzene rings is 1. The number of hydrogen-bond acceptors (Lipinski definition) is 3. The van der Waals surface area contributed by atoms with Crippen LogP contribution in [-0.2, 0) is 9.59 Å². The third-order valence-electron chi connectivity index (χ3n) is 2.88. The fourth-order valence-electron chi connectivity index (χ4n) is 1.58. The van der Waals surface area contributed by atoms with Gasteiger partial charge in [-0.1, -0.05) is 46.2 Å². The Hall–Kier alpha value is -1.75. The highest BCUT2D eigenvalue weighted by Crippen LogP contribution is 2.28. The summed E-state index contributed by atoms with van der Waals surface area (Å²) >= 11 is 6.14. The van der Waals surface area contributed by atoms with Crippen molar-refractivity contribution < 1.29 is 14.3 Å². The monoisotopic (exact) mass is 340 g/mol. The van der Waals surface area contributed by atoms with E-state index in [0.29, 0.717) is 29.0 Å². The van der Waals surface area contributed by atoms with Crippen LogP contribution in [0.15, 0.2) is 18.2 Å². The molecule has 0 aliphatic carbocycles. The summed E-state index contributed by atoms with van der Waals surface area (Å²) in [6.07, 6.45) is 0. The minimum atomic E-state index is -0.529. The third kappa shape index (κ3) is 6.91. The maximum Gasteiger partial charge on any atom is 0.243 e. The number of carbonyl (C=O) groups is 2. The van der Waals surface area contributed by atoms with Crippen molar-refractivity contribution in [3.63, 3.8) is 0 Å². The van der Waals surface area contributed by atoms with Crippen molar-refractivity contribution in [1.82, 2.24) is 5.32 Å². The molecule has 6 heteroatoms. The number of ether oxygens (including phenoxy) is 1. The molecule has 5 nitrogen and oxygen atoms in total. The van der Waals surface area contributed by atoms with E-state index in [1.54, 1.807) is 39.0 Å². The van der Waals surface area contributed by atoms with Gasteiger partial charge in [-0.2, -0.15) is 0 Å². The molecule has 1 aromatic rings. The minimum Gasteiger partial charge on any atom is -0.492 e. The van der Waals surface area contributed by atoms with E-state index in [-0.39, 0.29) is 18.4 Å². The van der Waals surface area contributed by atoms with Gasteiger partial charge >= 0.3 is 0 Å². The lowest BCUT2D eigenvalue weighted by atomic mass is 9.96. The molecule has 0 fully saturated rings. The molecule has 0 spiro atoms. The maximum atomic E-state index is 11.9. The predicted molar refractivity (Wildman–Crippen MR) is 92.9 cm³/mol. The summed E-state index contributed by atoms with van der Waals surface area (Å²) in [6, 6.07) is 5.06. The van der Waals surface area contributed by atoms with Crippen molar-refractivity contribution in [3.05, 3.63) is 23.2 Å². The summed E-state index contributed by atoms with van der Waals surface area (Å²) in [5, 5.41) is 5.71. The molecule has 0 heterocycles. The lowest BCUT2D eigenvalue weighted by Gasteiger charge is -2.17. The van der Waals surface area contributed by atoms with Crippen LogP contribution in [0.25, 0.3) is 0 Å². The van der Waals surface area contributed by atoms with E-state index in [4.69, 9.17) is 16.3 Å². The summed E-state index contributed by atoms with van der Waals surface area (Å²) in [5.74, 6) is 0.494. The van der Waals surface area contributed by atoms with Crippen molar-refractivity contribution >= 4 is 29.1 Å². The first-order valence-electron chi connectivity index (χ1n) is 7.60. The van der Waals surface area contributed by atoms with Crippen LogP contribution in [0, 0.1) is 11.3 Å². The van der Waals surface area contributed by atoms with Crippen molar-refractivity contribution in [2.75, 3.05) is 18.5 Å². The second-order valence-electron chi connectivity index (χ2n) is 6.83. The van der Waals surface area contributed by atoms with Gasteiger partial charge in [0.2, 0.25) is 11.8 Å². The zero-order chi connectivity index (χ0) is 17.6. The number of halogens is 1. The molecule has 0 aliphatic rings. The van der Waals surface area contributed by atoms with Crippen molar-refractivity contribution in [3.8, 4) is 5.75 Å². The largest absolute Gasteiger partial charge is 0.492 e. The predicted octanol–water partition coefficient (Wildman–Crippen LogP) is 3.48. The van der Waals surface area contributed by atoms with Gasteiger partial charge in [-0.3, -0.25) is 9.59 Å². The van der Waals surface area contributed by atoms with Crippen molar-refractivity contribution in [1.29, 1.82) is 0 Å². The van der Waals surface area contributed by atoms with E-state index < -0.39 is 5.41 Å². The Kier molecular flexibility index (Phi) is 6.88. The standard InChI is InChI=1S/C17H25ClN2O3/c1-11(2)10-23-14-7-6-12(8-13(14)18)20-15(21)9-19-16(22)17(3,4)5/h6-8,11H,9-10H2,1-5H3,(H,19,22)(H,20,21). The molecule has 0 bridgehead atoms. The summed E-state index contributed by atoms with van der Waals surface area (Å²) < 4.78 is 5.57. The average Bonchev–Trinajstić information content (AvgIpc) is 2.42. The van der Waals surface area contributed by atoms with Gasteiger partial charge in [0.05, 0.1) is 18.2 Å². The molecule has 0 atom stereocenters. The molecule has 0 aromatic heterocycles. The number of nitrogens with one attached hydrogen (secondary N) is 2. The van der Waals surface area contributed by atoms with Crippen LogP contribution in [0.4, 0.5) is 5.69 Å². The van der Waals surface area contributed by atoms with Gasteiger partial charge < -0.3 is 15.4 Å². The van der Waals surface area contributed by atoms with Crippen LogP contribution in [0.3, 0.4) is 0 Å². The van der Waals surface area contributed by atoms with Crippen molar-refractivity contribution in [2.45, 2.75) is 34.6 Å². The molecule has 0 radical (unpaired) electrons. The van der Waals surface area contributed by atoms with Gasteiger partial charge in [0.15, 0.2) is 0 Å². The van der Waals surface area contributed by atoms with E-state index in [0.717, 1.165) is 0 Å². The Balaban J connectivity index is 2.55. The summed E-state index contributed by atoms with van der Waals surface area (Å²) in [5.41, 5.74) is 0.0285. The second kappa shape index (κ2) is 8.20. The average molecular weight is 341 g/mol. The molecule has 0 unspecified atom stereocenters. The Morgan fingerprint density at radius 1 is 1.26 bits per heavy atom. The van der Waals surface area contributed by atoms with E-state index in [1.807, 2.05) is 13.8 Å². The maximum absolute atomic E-state index is 11.9. The lowest BCUT2D eigenvalue weighted by molar-refractivity contribution is -0.130.